The predicted molar refractivity (Wildman–Crippen MR) is 66.2 cm³/mol. The average Bonchev–Trinajstić information content (AvgIpc) is 2.27. The number of rotatable bonds is 5. The third kappa shape index (κ3) is 4.34. The first-order valence-electron chi connectivity index (χ1n) is 5.65. The van der Waals surface area contributed by atoms with E-state index in [1.165, 1.54) is 6.07 Å². The lowest BCUT2D eigenvalue weighted by Gasteiger charge is -2.10. The third-order valence-corrected chi connectivity index (χ3v) is 2.32. The molecule has 1 amide bonds. The van der Waals surface area contributed by atoms with Crippen LogP contribution in [0.1, 0.15) is 19.4 Å². The number of ether oxygens (including phenoxy) is 1. The van der Waals surface area contributed by atoms with Gasteiger partial charge in [-0.05, 0) is 24.1 Å². The summed E-state index contributed by atoms with van der Waals surface area (Å²) in [7, 11) is 1.54. The van der Waals surface area contributed by atoms with E-state index in [4.69, 9.17) is 4.74 Å². The van der Waals surface area contributed by atoms with Gasteiger partial charge in [-0.2, -0.15) is 0 Å². The number of carbonyl (C=O) groups excluding carboxylic acids is 1. The Morgan fingerprint density at radius 1 is 1.47 bits per heavy atom. The van der Waals surface area contributed by atoms with Crippen molar-refractivity contribution in [2.75, 3.05) is 13.7 Å². The number of methoxy groups -OCH3 is 1. The lowest BCUT2D eigenvalue weighted by Crippen LogP contribution is -2.28. The van der Waals surface area contributed by atoms with Crippen molar-refractivity contribution in [1.29, 1.82) is 0 Å². The summed E-state index contributed by atoms with van der Waals surface area (Å²) in [5, 5.41) is 12.2. The van der Waals surface area contributed by atoms with Crippen LogP contribution in [0.2, 0.25) is 0 Å². The van der Waals surface area contributed by atoms with E-state index in [0.717, 1.165) is 0 Å². The summed E-state index contributed by atoms with van der Waals surface area (Å²) in [6, 6.07) is 4.74. The van der Waals surface area contributed by atoms with E-state index >= 15 is 0 Å². The van der Waals surface area contributed by atoms with E-state index < -0.39 is 0 Å². The number of phenolic OH excluding ortho intramolecular Hbond substituents is 1. The smallest absolute Gasteiger partial charge is 0.224 e. The number of amides is 1. The normalized spacial score (nSPS) is 10.4. The number of nitrogens with one attached hydrogen (secondary N) is 1. The van der Waals surface area contributed by atoms with Crippen LogP contribution >= 0.6 is 0 Å². The van der Waals surface area contributed by atoms with E-state index in [1.54, 1.807) is 19.2 Å². The molecule has 0 aromatic heterocycles. The molecule has 0 radical (unpaired) electrons. The second-order valence-electron chi connectivity index (χ2n) is 4.37. The maximum atomic E-state index is 11.6. The minimum atomic E-state index is -0.0670. The number of carbonyl (C=O) groups is 1. The molecule has 17 heavy (non-hydrogen) atoms. The average molecular weight is 237 g/mol. The summed E-state index contributed by atoms with van der Waals surface area (Å²) >= 11 is 0. The number of hydrogen-bond acceptors (Lipinski definition) is 3. The van der Waals surface area contributed by atoms with Crippen molar-refractivity contribution in [3.05, 3.63) is 23.8 Å². The predicted octanol–water partition coefficient (Wildman–Crippen LogP) is 1.72. The Morgan fingerprint density at radius 3 is 2.76 bits per heavy atom. The van der Waals surface area contributed by atoms with E-state index in [0.29, 0.717) is 23.8 Å². The first kappa shape index (κ1) is 13.4. The van der Waals surface area contributed by atoms with Crippen LogP contribution in [0.4, 0.5) is 0 Å². The van der Waals surface area contributed by atoms with Crippen LogP contribution in [-0.4, -0.2) is 24.7 Å². The molecular formula is C13H19NO3. The van der Waals surface area contributed by atoms with Gasteiger partial charge in [0.25, 0.3) is 0 Å². The molecule has 0 aliphatic rings. The molecule has 0 bridgehead atoms. The van der Waals surface area contributed by atoms with Gasteiger partial charge in [0.2, 0.25) is 5.91 Å². The second kappa shape index (κ2) is 6.13. The second-order valence-corrected chi connectivity index (χ2v) is 4.37. The van der Waals surface area contributed by atoms with Gasteiger partial charge in [0.15, 0.2) is 0 Å². The van der Waals surface area contributed by atoms with Crippen molar-refractivity contribution in [3.63, 3.8) is 0 Å². The molecule has 1 aromatic rings. The topological polar surface area (TPSA) is 58.6 Å². The van der Waals surface area contributed by atoms with Gasteiger partial charge in [0.1, 0.15) is 11.5 Å². The van der Waals surface area contributed by atoms with Crippen LogP contribution in [0.3, 0.4) is 0 Å². The van der Waals surface area contributed by atoms with Gasteiger partial charge in [-0.3, -0.25) is 4.79 Å². The van der Waals surface area contributed by atoms with Crippen LogP contribution < -0.4 is 10.1 Å². The fraction of sp³-hybridized carbons (Fsp3) is 0.462. The Hall–Kier alpha value is -1.71. The van der Waals surface area contributed by atoms with Crippen LogP contribution in [-0.2, 0) is 11.2 Å². The number of phenols is 1. The van der Waals surface area contributed by atoms with E-state index in [-0.39, 0.29) is 18.1 Å². The van der Waals surface area contributed by atoms with Gasteiger partial charge in [-0.1, -0.05) is 13.8 Å². The first-order valence-corrected chi connectivity index (χ1v) is 5.65. The maximum Gasteiger partial charge on any atom is 0.224 e. The maximum absolute atomic E-state index is 11.6. The molecule has 0 aliphatic heterocycles. The Morgan fingerprint density at radius 2 is 2.18 bits per heavy atom. The Bertz CT molecular complexity index is 388. The molecule has 0 unspecified atom stereocenters. The Labute approximate surface area is 102 Å². The minimum Gasteiger partial charge on any atom is -0.508 e. The van der Waals surface area contributed by atoms with Crippen molar-refractivity contribution in [2.45, 2.75) is 20.3 Å². The van der Waals surface area contributed by atoms with Crippen LogP contribution in [0.5, 0.6) is 11.5 Å². The highest BCUT2D eigenvalue weighted by Gasteiger charge is 2.09. The van der Waals surface area contributed by atoms with E-state index in [1.807, 2.05) is 13.8 Å². The highest BCUT2D eigenvalue weighted by molar-refractivity contribution is 5.79. The van der Waals surface area contributed by atoms with E-state index in [2.05, 4.69) is 5.32 Å². The number of hydrogen-bond donors (Lipinski definition) is 2. The summed E-state index contributed by atoms with van der Waals surface area (Å²) in [4.78, 5) is 11.6. The highest BCUT2D eigenvalue weighted by Crippen LogP contribution is 2.23. The van der Waals surface area contributed by atoms with Crippen molar-refractivity contribution < 1.29 is 14.6 Å². The van der Waals surface area contributed by atoms with Crippen molar-refractivity contribution in [3.8, 4) is 11.5 Å². The fourth-order valence-electron chi connectivity index (χ4n) is 1.46. The summed E-state index contributed by atoms with van der Waals surface area (Å²) in [5.74, 6) is 1.10. The van der Waals surface area contributed by atoms with Gasteiger partial charge < -0.3 is 15.2 Å². The molecule has 0 fully saturated rings. The zero-order valence-electron chi connectivity index (χ0n) is 10.5. The zero-order valence-corrected chi connectivity index (χ0v) is 10.5. The molecule has 0 atom stereocenters. The number of benzene rings is 1. The molecular weight excluding hydrogens is 218 g/mol. The van der Waals surface area contributed by atoms with Crippen molar-refractivity contribution in [1.82, 2.24) is 5.32 Å². The molecule has 94 valence electrons. The summed E-state index contributed by atoms with van der Waals surface area (Å²) in [5.41, 5.74) is 0.689. The Kier molecular flexibility index (Phi) is 4.82. The zero-order chi connectivity index (χ0) is 12.8. The van der Waals surface area contributed by atoms with Gasteiger partial charge in [0, 0.05) is 12.1 Å². The molecule has 4 heteroatoms. The molecule has 1 aromatic carbocycles. The summed E-state index contributed by atoms with van der Waals surface area (Å²) in [6.45, 7) is 4.73. The number of aromatic hydroxyl groups is 1. The van der Waals surface area contributed by atoms with Gasteiger partial charge in [0.05, 0.1) is 13.5 Å². The van der Waals surface area contributed by atoms with Crippen LogP contribution in [0, 0.1) is 5.92 Å². The molecule has 0 heterocycles. The van der Waals surface area contributed by atoms with Crippen LogP contribution in [0.25, 0.3) is 0 Å². The first-order chi connectivity index (χ1) is 8.02. The molecule has 0 saturated carbocycles. The van der Waals surface area contributed by atoms with Gasteiger partial charge >= 0.3 is 0 Å². The fourth-order valence-corrected chi connectivity index (χ4v) is 1.46. The summed E-state index contributed by atoms with van der Waals surface area (Å²) < 4.78 is 5.14. The molecule has 4 nitrogen and oxygen atoms in total. The third-order valence-electron chi connectivity index (χ3n) is 2.32. The van der Waals surface area contributed by atoms with Gasteiger partial charge in [-0.15, -0.1) is 0 Å². The van der Waals surface area contributed by atoms with E-state index in [9.17, 15) is 9.90 Å². The largest absolute Gasteiger partial charge is 0.508 e. The Balaban J connectivity index is 2.66. The molecule has 0 spiro atoms. The SMILES string of the molecule is COc1ccc(O)cc1CC(=O)NCC(C)C. The lowest BCUT2D eigenvalue weighted by molar-refractivity contribution is -0.120. The monoisotopic (exact) mass is 237 g/mol. The van der Waals surface area contributed by atoms with Crippen LogP contribution in [0.15, 0.2) is 18.2 Å². The van der Waals surface area contributed by atoms with Gasteiger partial charge in [-0.25, -0.2) is 0 Å². The van der Waals surface area contributed by atoms with Crippen molar-refractivity contribution >= 4 is 5.91 Å². The standard InChI is InChI=1S/C13H19NO3/c1-9(2)8-14-13(16)7-10-6-11(15)4-5-12(10)17-3/h4-6,9,15H,7-8H2,1-3H3,(H,14,16). The molecule has 1 rings (SSSR count). The highest BCUT2D eigenvalue weighted by atomic mass is 16.5. The molecule has 0 aliphatic carbocycles. The quantitative estimate of drug-likeness (QED) is 0.819. The lowest BCUT2D eigenvalue weighted by atomic mass is 10.1. The van der Waals surface area contributed by atoms with Crippen molar-refractivity contribution in [2.24, 2.45) is 5.92 Å². The molecule has 0 saturated heterocycles. The minimum absolute atomic E-state index is 0.0670. The molecule has 2 N–H and O–H groups in total. The summed E-state index contributed by atoms with van der Waals surface area (Å²) in [6.07, 6.45) is 0.213.